The molecule has 2 N–H and O–H groups in total. The largest absolute Gasteiger partial charge is 0.515 e. The van der Waals surface area contributed by atoms with Gasteiger partial charge < -0.3 is 19.7 Å². The first-order valence-corrected chi connectivity index (χ1v) is 5.45. The van der Waals surface area contributed by atoms with E-state index in [1.165, 1.54) is 0 Å². The van der Waals surface area contributed by atoms with Crippen LogP contribution in [0.25, 0.3) is 0 Å². The van der Waals surface area contributed by atoms with Crippen molar-refractivity contribution in [2.75, 3.05) is 13.2 Å². The standard InChI is InChI=1S/2C6H8O4.Co/c2*1-2-10-6(9)5(3-7)4-8;/h2*3-4,7H,2H2,1H3;/b2*5-3+;. The van der Waals surface area contributed by atoms with Crippen LogP contribution in [0.5, 0.6) is 0 Å². The molecule has 0 fully saturated rings. The summed E-state index contributed by atoms with van der Waals surface area (Å²) < 4.78 is 8.77. The topological polar surface area (TPSA) is 127 Å². The zero-order chi connectivity index (χ0) is 16.0. The van der Waals surface area contributed by atoms with E-state index in [9.17, 15) is 19.2 Å². The number of carbonyl (C=O) groups is 4. The SMILES string of the molecule is CCOC(=O)/C(C=O)=C/O.CCOC(=O)/C(C=O)=C/O.[Co]. The van der Waals surface area contributed by atoms with Gasteiger partial charge in [0, 0.05) is 16.8 Å². The molecule has 1 radical (unpaired) electrons. The van der Waals surface area contributed by atoms with Crippen molar-refractivity contribution < 1.29 is 55.6 Å². The van der Waals surface area contributed by atoms with Gasteiger partial charge in [0.15, 0.2) is 12.6 Å². The third-order valence-corrected chi connectivity index (χ3v) is 1.55. The van der Waals surface area contributed by atoms with Gasteiger partial charge in [-0.3, -0.25) is 9.59 Å². The van der Waals surface area contributed by atoms with Gasteiger partial charge in [0.1, 0.15) is 11.1 Å². The Kier molecular flexibility index (Phi) is 18.1. The van der Waals surface area contributed by atoms with E-state index >= 15 is 0 Å². The predicted molar refractivity (Wildman–Crippen MR) is 66.8 cm³/mol. The maximum atomic E-state index is 10.5. The van der Waals surface area contributed by atoms with Crippen molar-refractivity contribution >= 4 is 24.5 Å². The molecule has 0 spiro atoms. The van der Waals surface area contributed by atoms with Crippen molar-refractivity contribution in [2.24, 2.45) is 0 Å². The number of aliphatic hydroxyl groups is 2. The van der Waals surface area contributed by atoms with E-state index in [-0.39, 0.29) is 53.7 Å². The Morgan fingerprint density at radius 2 is 1.14 bits per heavy atom. The number of esters is 2. The number of hydrogen-bond acceptors (Lipinski definition) is 8. The van der Waals surface area contributed by atoms with Gasteiger partial charge >= 0.3 is 11.9 Å². The zero-order valence-corrected chi connectivity index (χ0v) is 12.4. The number of aldehydes is 2. The molecule has 0 saturated carbocycles. The summed E-state index contributed by atoms with van der Waals surface area (Å²) >= 11 is 0. The summed E-state index contributed by atoms with van der Waals surface area (Å²) in [4.78, 5) is 40.9. The smallest absolute Gasteiger partial charge is 0.344 e. The minimum Gasteiger partial charge on any atom is -0.515 e. The average Bonchev–Trinajstić information content (AvgIpc) is 2.43. The van der Waals surface area contributed by atoms with Gasteiger partial charge in [-0.1, -0.05) is 0 Å². The van der Waals surface area contributed by atoms with Crippen molar-refractivity contribution in [1.82, 2.24) is 0 Å². The van der Waals surface area contributed by atoms with Crippen LogP contribution in [-0.2, 0) is 45.4 Å². The molecule has 8 nitrogen and oxygen atoms in total. The van der Waals surface area contributed by atoms with E-state index in [0.717, 1.165) is 0 Å². The number of hydrogen-bond donors (Lipinski definition) is 2. The van der Waals surface area contributed by atoms with Crippen molar-refractivity contribution in [3.05, 3.63) is 23.7 Å². The molecule has 0 amide bonds. The average molecular weight is 347 g/mol. The predicted octanol–water partition coefficient (Wildman–Crippen LogP) is 0.378. The molecular formula is C12H16CoO8. The van der Waals surface area contributed by atoms with Gasteiger partial charge in [0.25, 0.3) is 0 Å². The number of rotatable bonds is 6. The summed E-state index contributed by atoms with van der Waals surface area (Å²) in [5.74, 6) is -1.61. The number of carbonyl (C=O) groups excluding carboxylic acids is 4. The third-order valence-electron chi connectivity index (χ3n) is 1.55. The minimum absolute atomic E-state index is 0. The monoisotopic (exact) mass is 347 g/mol. The van der Waals surface area contributed by atoms with Crippen LogP contribution < -0.4 is 0 Å². The molecule has 0 aliphatic rings. The van der Waals surface area contributed by atoms with E-state index in [4.69, 9.17) is 10.2 Å². The Hall–Kier alpha value is -2.13. The van der Waals surface area contributed by atoms with Crippen LogP contribution in [0.3, 0.4) is 0 Å². The fraction of sp³-hybridized carbons (Fsp3) is 0.333. The van der Waals surface area contributed by atoms with Gasteiger partial charge in [0.2, 0.25) is 0 Å². The van der Waals surface area contributed by atoms with Crippen molar-refractivity contribution in [3.63, 3.8) is 0 Å². The van der Waals surface area contributed by atoms with Gasteiger partial charge in [-0.05, 0) is 13.8 Å². The fourth-order valence-electron chi connectivity index (χ4n) is 0.691. The van der Waals surface area contributed by atoms with Crippen LogP contribution in [0.1, 0.15) is 13.8 Å². The molecule has 0 aromatic carbocycles. The molecule has 0 aromatic heterocycles. The first-order valence-electron chi connectivity index (χ1n) is 5.45. The van der Waals surface area contributed by atoms with Crippen molar-refractivity contribution in [1.29, 1.82) is 0 Å². The Morgan fingerprint density at radius 3 is 1.29 bits per heavy atom. The molecule has 0 rings (SSSR count). The van der Waals surface area contributed by atoms with Gasteiger partial charge in [-0.2, -0.15) is 0 Å². The molecule has 0 aromatic rings. The van der Waals surface area contributed by atoms with Crippen LogP contribution in [0.4, 0.5) is 0 Å². The molecule has 21 heavy (non-hydrogen) atoms. The van der Waals surface area contributed by atoms with E-state index in [1.54, 1.807) is 13.8 Å². The second-order valence-corrected chi connectivity index (χ2v) is 2.85. The van der Waals surface area contributed by atoms with Crippen LogP contribution >= 0.6 is 0 Å². The molecule has 0 unspecified atom stereocenters. The molecule has 0 atom stereocenters. The molecule has 0 aliphatic carbocycles. The second kappa shape index (κ2) is 15.9. The van der Waals surface area contributed by atoms with Crippen LogP contribution in [0.2, 0.25) is 0 Å². The zero-order valence-electron chi connectivity index (χ0n) is 11.4. The summed E-state index contributed by atoms with van der Waals surface area (Å²) in [7, 11) is 0. The Balaban J connectivity index is -0.000000295. The summed E-state index contributed by atoms with van der Waals surface area (Å²) in [5, 5.41) is 16.5. The van der Waals surface area contributed by atoms with E-state index in [1.807, 2.05) is 0 Å². The molecule has 9 heteroatoms. The first-order chi connectivity index (χ1) is 9.51. The normalized spacial score (nSPS) is 10.2. The molecule has 0 saturated heterocycles. The van der Waals surface area contributed by atoms with Gasteiger partial charge in [0.05, 0.1) is 25.7 Å². The van der Waals surface area contributed by atoms with Crippen LogP contribution in [0, 0.1) is 0 Å². The molecule has 0 aliphatic heterocycles. The molecule has 121 valence electrons. The first kappa shape index (κ1) is 23.9. The van der Waals surface area contributed by atoms with Crippen molar-refractivity contribution in [2.45, 2.75) is 13.8 Å². The second-order valence-electron chi connectivity index (χ2n) is 2.85. The maximum absolute atomic E-state index is 10.5. The quantitative estimate of drug-likeness (QED) is 0.176. The molecule has 0 heterocycles. The summed E-state index contributed by atoms with van der Waals surface area (Å²) in [6.45, 7) is 3.59. The minimum atomic E-state index is -0.806. The van der Waals surface area contributed by atoms with Gasteiger partial charge in [-0.15, -0.1) is 0 Å². The number of ether oxygens (including phenoxy) is 2. The Morgan fingerprint density at radius 1 is 0.857 bits per heavy atom. The van der Waals surface area contributed by atoms with E-state index in [0.29, 0.717) is 12.5 Å². The van der Waals surface area contributed by atoms with Crippen molar-refractivity contribution in [3.8, 4) is 0 Å². The molecule has 0 bridgehead atoms. The summed E-state index contributed by atoms with van der Waals surface area (Å²) in [6, 6.07) is 0. The Labute approximate surface area is 131 Å². The number of aliphatic hydroxyl groups excluding tert-OH is 2. The summed E-state index contributed by atoms with van der Waals surface area (Å²) in [6.07, 6.45) is 1.31. The van der Waals surface area contributed by atoms with Gasteiger partial charge in [-0.25, -0.2) is 9.59 Å². The van der Waals surface area contributed by atoms with E-state index in [2.05, 4.69) is 9.47 Å². The van der Waals surface area contributed by atoms with E-state index < -0.39 is 11.9 Å². The Bertz CT molecular complexity index is 362. The third kappa shape index (κ3) is 11.4. The van der Waals surface area contributed by atoms with Crippen LogP contribution in [-0.4, -0.2) is 47.9 Å². The maximum Gasteiger partial charge on any atom is 0.344 e. The van der Waals surface area contributed by atoms with Crippen LogP contribution in [0.15, 0.2) is 23.7 Å². The summed E-state index contributed by atoms with van der Waals surface area (Å²) in [5.41, 5.74) is -0.747. The fourth-order valence-corrected chi connectivity index (χ4v) is 0.691. The molecular weight excluding hydrogens is 331 g/mol.